The summed E-state index contributed by atoms with van der Waals surface area (Å²) in [6.45, 7) is 7.47. The molecule has 0 unspecified atom stereocenters. The average molecular weight is 164 g/mol. The summed E-state index contributed by atoms with van der Waals surface area (Å²) in [5, 5.41) is 0. The molecule has 0 saturated heterocycles. The van der Waals surface area contributed by atoms with Crippen molar-refractivity contribution in [3.8, 4) is 0 Å². The monoisotopic (exact) mass is 164 g/mol. The van der Waals surface area contributed by atoms with Gasteiger partial charge in [0.25, 0.3) is 0 Å². The van der Waals surface area contributed by atoms with Gasteiger partial charge in [-0.05, 0) is 39.3 Å². The van der Waals surface area contributed by atoms with Gasteiger partial charge >= 0.3 is 0 Å². The number of hydrogen-bond donors (Lipinski definition) is 0. The van der Waals surface area contributed by atoms with E-state index in [0.717, 1.165) is 11.1 Å². The summed E-state index contributed by atoms with van der Waals surface area (Å²) in [4.78, 5) is 10.7. The molecule has 0 aromatic heterocycles. The average Bonchev–Trinajstić information content (AvgIpc) is 1.84. The van der Waals surface area contributed by atoms with Gasteiger partial charge in [0.1, 0.15) is 0 Å². The summed E-state index contributed by atoms with van der Waals surface area (Å²) in [6, 6.07) is 0. The standard InChI is InChI=1S/C11H16O/c1-5-6-9(2)7-10(3)8-11(4)12/h5-8H,1-4H3/b6-5+,9-7+,10-8+. The lowest BCUT2D eigenvalue weighted by molar-refractivity contribution is -0.112. The molecule has 12 heavy (non-hydrogen) atoms. The van der Waals surface area contributed by atoms with Crippen molar-refractivity contribution in [1.82, 2.24) is 0 Å². The zero-order chi connectivity index (χ0) is 9.56. The minimum atomic E-state index is 0.0945. The van der Waals surface area contributed by atoms with Crippen LogP contribution in [0.1, 0.15) is 27.7 Å². The number of allylic oxidation sites excluding steroid dienone is 6. The number of carbonyl (C=O) groups is 1. The molecule has 0 aromatic rings. The first-order valence-corrected chi connectivity index (χ1v) is 4.06. The molecule has 66 valence electrons. The maximum Gasteiger partial charge on any atom is 0.152 e. The van der Waals surface area contributed by atoms with Gasteiger partial charge in [-0.1, -0.05) is 23.8 Å². The quantitative estimate of drug-likeness (QED) is 0.463. The van der Waals surface area contributed by atoms with E-state index in [0.29, 0.717) is 0 Å². The van der Waals surface area contributed by atoms with Crippen molar-refractivity contribution >= 4 is 5.78 Å². The fraction of sp³-hybridized carbons (Fsp3) is 0.364. The Hall–Kier alpha value is -1.11. The molecule has 0 bridgehead atoms. The molecule has 0 N–H and O–H groups in total. The smallest absolute Gasteiger partial charge is 0.152 e. The Morgan fingerprint density at radius 2 is 1.58 bits per heavy atom. The molecule has 0 heterocycles. The molecule has 0 saturated carbocycles. The molecule has 0 atom stereocenters. The van der Waals surface area contributed by atoms with E-state index in [1.54, 1.807) is 13.0 Å². The Morgan fingerprint density at radius 3 is 2.00 bits per heavy atom. The molecule has 0 aliphatic carbocycles. The van der Waals surface area contributed by atoms with Crippen LogP contribution in [0.15, 0.2) is 35.5 Å². The lowest BCUT2D eigenvalue weighted by Gasteiger charge is -1.92. The molecular weight excluding hydrogens is 148 g/mol. The van der Waals surface area contributed by atoms with Crippen molar-refractivity contribution in [1.29, 1.82) is 0 Å². The summed E-state index contributed by atoms with van der Waals surface area (Å²) in [6.07, 6.45) is 7.61. The van der Waals surface area contributed by atoms with Crippen molar-refractivity contribution in [3.63, 3.8) is 0 Å². The first kappa shape index (κ1) is 10.9. The highest BCUT2D eigenvalue weighted by Crippen LogP contribution is 2.02. The zero-order valence-electron chi connectivity index (χ0n) is 8.22. The molecule has 0 aliphatic heterocycles. The summed E-state index contributed by atoms with van der Waals surface area (Å²) >= 11 is 0. The predicted molar refractivity (Wildman–Crippen MR) is 53.0 cm³/mol. The highest BCUT2D eigenvalue weighted by molar-refractivity contribution is 5.88. The first-order valence-electron chi connectivity index (χ1n) is 4.06. The third-order valence-electron chi connectivity index (χ3n) is 1.32. The van der Waals surface area contributed by atoms with E-state index >= 15 is 0 Å². The SMILES string of the molecule is C/C=C/C(C)=C/C(C)=C/C(C)=O. The Balaban J connectivity index is 4.42. The van der Waals surface area contributed by atoms with Crippen molar-refractivity contribution in [2.75, 3.05) is 0 Å². The second-order valence-corrected chi connectivity index (χ2v) is 2.89. The normalized spacial score (nSPS) is 14.0. The van der Waals surface area contributed by atoms with Crippen LogP contribution in [-0.2, 0) is 4.79 Å². The number of rotatable bonds is 3. The summed E-state index contributed by atoms with van der Waals surface area (Å²) in [5.41, 5.74) is 2.16. The van der Waals surface area contributed by atoms with E-state index < -0.39 is 0 Å². The van der Waals surface area contributed by atoms with Crippen molar-refractivity contribution < 1.29 is 4.79 Å². The van der Waals surface area contributed by atoms with Crippen LogP contribution in [0.4, 0.5) is 0 Å². The van der Waals surface area contributed by atoms with E-state index in [9.17, 15) is 4.79 Å². The lowest BCUT2D eigenvalue weighted by atomic mass is 10.1. The zero-order valence-corrected chi connectivity index (χ0v) is 8.22. The Bertz CT molecular complexity index is 242. The fourth-order valence-electron chi connectivity index (χ4n) is 1.03. The van der Waals surface area contributed by atoms with Gasteiger partial charge in [0.2, 0.25) is 0 Å². The molecular formula is C11H16O. The van der Waals surface area contributed by atoms with Gasteiger partial charge in [-0.15, -0.1) is 0 Å². The number of hydrogen-bond acceptors (Lipinski definition) is 1. The molecule has 1 heteroatoms. The van der Waals surface area contributed by atoms with Gasteiger partial charge in [0.05, 0.1) is 0 Å². The first-order chi connectivity index (χ1) is 5.56. The fourth-order valence-corrected chi connectivity index (χ4v) is 1.03. The minimum Gasteiger partial charge on any atom is -0.295 e. The van der Waals surface area contributed by atoms with Gasteiger partial charge in [-0.2, -0.15) is 0 Å². The summed E-state index contributed by atoms with van der Waals surface area (Å²) in [5.74, 6) is 0.0945. The third kappa shape index (κ3) is 5.66. The lowest BCUT2D eigenvalue weighted by Crippen LogP contribution is -1.83. The maximum absolute atomic E-state index is 10.7. The van der Waals surface area contributed by atoms with Crippen LogP contribution >= 0.6 is 0 Å². The van der Waals surface area contributed by atoms with Crippen molar-refractivity contribution in [3.05, 3.63) is 35.5 Å². The van der Waals surface area contributed by atoms with Crippen LogP contribution in [0, 0.1) is 0 Å². The molecule has 0 radical (unpaired) electrons. The topological polar surface area (TPSA) is 17.1 Å². The molecule has 1 nitrogen and oxygen atoms in total. The van der Waals surface area contributed by atoms with Gasteiger partial charge < -0.3 is 0 Å². The molecule has 0 aliphatic rings. The van der Waals surface area contributed by atoms with Crippen LogP contribution in [0.25, 0.3) is 0 Å². The van der Waals surface area contributed by atoms with Crippen molar-refractivity contribution in [2.45, 2.75) is 27.7 Å². The molecule has 0 amide bonds. The molecule has 0 spiro atoms. The largest absolute Gasteiger partial charge is 0.295 e. The van der Waals surface area contributed by atoms with E-state index in [1.165, 1.54) is 0 Å². The van der Waals surface area contributed by atoms with Crippen LogP contribution in [0.2, 0.25) is 0 Å². The van der Waals surface area contributed by atoms with E-state index in [1.807, 2.05) is 39.0 Å². The minimum absolute atomic E-state index is 0.0945. The second-order valence-electron chi connectivity index (χ2n) is 2.89. The molecule has 0 fully saturated rings. The summed E-state index contributed by atoms with van der Waals surface area (Å²) < 4.78 is 0. The Labute approximate surface area is 74.5 Å². The van der Waals surface area contributed by atoms with Crippen LogP contribution in [0.5, 0.6) is 0 Å². The van der Waals surface area contributed by atoms with E-state index in [2.05, 4.69) is 0 Å². The highest BCUT2D eigenvalue weighted by atomic mass is 16.1. The van der Waals surface area contributed by atoms with Crippen molar-refractivity contribution in [2.24, 2.45) is 0 Å². The molecule has 0 aromatic carbocycles. The van der Waals surface area contributed by atoms with Gasteiger partial charge in [-0.25, -0.2) is 0 Å². The highest BCUT2D eigenvalue weighted by Gasteiger charge is 1.87. The Kier molecular flexibility index (Phi) is 5.02. The predicted octanol–water partition coefficient (Wildman–Crippen LogP) is 3.04. The number of ketones is 1. The third-order valence-corrected chi connectivity index (χ3v) is 1.32. The summed E-state index contributed by atoms with van der Waals surface area (Å²) in [7, 11) is 0. The van der Waals surface area contributed by atoms with Gasteiger partial charge in [-0.3, -0.25) is 4.79 Å². The van der Waals surface area contributed by atoms with Crippen LogP contribution < -0.4 is 0 Å². The van der Waals surface area contributed by atoms with E-state index in [-0.39, 0.29) is 5.78 Å². The number of carbonyl (C=O) groups excluding carboxylic acids is 1. The van der Waals surface area contributed by atoms with Gasteiger partial charge in [0, 0.05) is 0 Å². The maximum atomic E-state index is 10.7. The van der Waals surface area contributed by atoms with Gasteiger partial charge in [0.15, 0.2) is 5.78 Å². The molecule has 0 rings (SSSR count). The second kappa shape index (κ2) is 5.53. The van der Waals surface area contributed by atoms with E-state index in [4.69, 9.17) is 0 Å². The Morgan fingerprint density at radius 1 is 1.00 bits per heavy atom. The van der Waals surface area contributed by atoms with Crippen LogP contribution in [0.3, 0.4) is 0 Å². The van der Waals surface area contributed by atoms with Crippen LogP contribution in [-0.4, -0.2) is 5.78 Å².